The molecule has 1 saturated heterocycles. The van der Waals surface area contributed by atoms with Gasteiger partial charge in [-0.05, 0) is 23.6 Å². The highest BCUT2D eigenvalue weighted by Gasteiger charge is 2.26. The number of phenolic OH excluding ortho intramolecular Hbond substituents is 1. The smallest absolute Gasteiger partial charge is 0.160 e. The van der Waals surface area contributed by atoms with E-state index >= 15 is 0 Å². The summed E-state index contributed by atoms with van der Waals surface area (Å²) in [6, 6.07) is 5.75. The number of rotatable bonds is 3. The molecule has 0 aromatic heterocycles. The van der Waals surface area contributed by atoms with Gasteiger partial charge in [0.25, 0.3) is 0 Å². The normalized spacial score (nSPS) is 25.1. The van der Waals surface area contributed by atoms with Crippen LogP contribution < -0.4 is 10.5 Å². The maximum atomic E-state index is 9.52. The van der Waals surface area contributed by atoms with Gasteiger partial charge in [-0.15, -0.1) is 0 Å². The molecule has 1 aromatic rings. The molecule has 2 unspecified atom stereocenters. The van der Waals surface area contributed by atoms with Crippen molar-refractivity contribution in [3.63, 3.8) is 0 Å². The van der Waals surface area contributed by atoms with Gasteiger partial charge >= 0.3 is 0 Å². The summed E-state index contributed by atoms with van der Waals surface area (Å²) >= 11 is 0. The van der Waals surface area contributed by atoms with Crippen LogP contribution in [0.1, 0.15) is 12.5 Å². The summed E-state index contributed by atoms with van der Waals surface area (Å²) in [5, 5.41) is 9.52. The molecule has 1 fully saturated rings. The van der Waals surface area contributed by atoms with Gasteiger partial charge in [0, 0.05) is 25.7 Å². The molecule has 0 amide bonds. The van der Waals surface area contributed by atoms with E-state index in [4.69, 9.17) is 10.5 Å². The summed E-state index contributed by atoms with van der Waals surface area (Å²) in [4.78, 5) is 2.33. The van der Waals surface area contributed by atoms with Gasteiger partial charge in [-0.3, -0.25) is 4.90 Å². The molecule has 1 aliphatic rings. The first-order valence-electron chi connectivity index (χ1n) is 5.94. The Kier molecular flexibility index (Phi) is 3.54. The number of ether oxygens (including phenoxy) is 1. The van der Waals surface area contributed by atoms with Crippen molar-refractivity contribution in [1.29, 1.82) is 0 Å². The van der Waals surface area contributed by atoms with Crippen LogP contribution in [0.15, 0.2) is 18.2 Å². The second-order valence-corrected chi connectivity index (χ2v) is 4.84. The summed E-state index contributed by atoms with van der Waals surface area (Å²) in [5.41, 5.74) is 7.14. The van der Waals surface area contributed by atoms with E-state index in [2.05, 4.69) is 11.8 Å². The number of likely N-dealkylation sites (tertiary alicyclic amines) is 1. The molecule has 3 N–H and O–H groups in total. The lowest BCUT2D eigenvalue weighted by molar-refractivity contribution is 0.317. The van der Waals surface area contributed by atoms with Gasteiger partial charge < -0.3 is 15.6 Å². The van der Waals surface area contributed by atoms with Crippen molar-refractivity contribution < 1.29 is 9.84 Å². The number of nitrogens with zero attached hydrogens (tertiary/aromatic N) is 1. The van der Waals surface area contributed by atoms with E-state index in [-0.39, 0.29) is 11.8 Å². The van der Waals surface area contributed by atoms with E-state index in [0.29, 0.717) is 11.7 Å². The lowest BCUT2D eigenvalue weighted by Gasteiger charge is -2.16. The number of nitrogens with two attached hydrogens (primary N) is 1. The van der Waals surface area contributed by atoms with Gasteiger partial charge in [-0.2, -0.15) is 0 Å². The largest absolute Gasteiger partial charge is 0.504 e. The minimum Gasteiger partial charge on any atom is -0.504 e. The van der Waals surface area contributed by atoms with Crippen molar-refractivity contribution in [3.8, 4) is 11.5 Å². The number of hydrogen-bond donors (Lipinski definition) is 2. The van der Waals surface area contributed by atoms with Crippen LogP contribution in [0.2, 0.25) is 0 Å². The van der Waals surface area contributed by atoms with Crippen LogP contribution in [0.5, 0.6) is 11.5 Å². The lowest BCUT2D eigenvalue weighted by Crippen LogP contribution is -2.28. The van der Waals surface area contributed by atoms with Crippen LogP contribution in [-0.2, 0) is 6.54 Å². The van der Waals surface area contributed by atoms with Gasteiger partial charge in [0.15, 0.2) is 11.5 Å². The first kappa shape index (κ1) is 12.2. The highest BCUT2D eigenvalue weighted by Crippen LogP contribution is 2.27. The maximum Gasteiger partial charge on any atom is 0.160 e. The summed E-state index contributed by atoms with van der Waals surface area (Å²) in [6.07, 6.45) is 0. The quantitative estimate of drug-likeness (QED) is 0.827. The molecule has 1 heterocycles. The Balaban J connectivity index is 2.04. The number of phenols is 1. The van der Waals surface area contributed by atoms with E-state index in [9.17, 15) is 5.11 Å². The Bertz CT molecular complexity index is 385. The molecule has 1 aliphatic heterocycles. The van der Waals surface area contributed by atoms with Crippen molar-refractivity contribution in [3.05, 3.63) is 23.8 Å². The molecule has 0 saturated carbocycles. The summed E-state index contributed by atoms with van der Waals surface area (Å²) < 4.78 is 5.10. The molecule has 0 spiro atoms. The molecule has 4 heteroatoms. The SMILES string of the molecule is COc1cc(CN2CC(C)C(N)C2)ccc1O. The Morgan fingerprint density at radius 1 is 1.47 bits per heavy atom. The third-order valence-electron chi connectivity index (χ3n) is 3.40. The zero-order chi connectivity index (χ0) is 12.4. The molecule has 94 valence electrons. The molecule has 2 rings (SSSR count). The van der Waals surface area contributed by atoms with Crippen LogP contribution in [0.3, 0.4) is 0 Å². The zero-order valence-corrected chi connectivity index (χ0v) is 10.4. The van der Waals surface area contributed by atoms with E-state index in [0.717, 1.165) is 25.2 Å². The van der Waals surface area contributed by atoms with Crippen LogP contribution in [-0.4, -0.2) is 36.2 Å². The van der Waals surface area contributed by atoms with Gasteiger partial charge in [0.1, 0.15) is 0 Å². The Morgan fingerprint density at radius 3 is 2.82 bits per heavy atom. The predicted molar refractivity (Wildman–Crippen MR) is 67.1 cm³/mol. The first-order chi connectivity index (χ1) is 8.10. The molecule has 17 heavy (non-hydrogen) atoms. The van der Waals surface area contributed by atoms with Crippen LogP contribution in [0.25, 0.3) is 0 Å². The van der Waals surface area contributed by atoms with Crippen LogP contribution in [0, 0.1) is 5.92 Å². The molecular weight excluding hydrogens is 216 g/mol. The minimum atomic E-state index is 0.183. The third-order valence-corrected chi connectivity index (χ3v) is 3.40. The van der Waals surface area contributed by atoms with Gasteiger partial charge in [0.05, 0.1) is 7.11 Å². The molecule has 0 radical (unpaired) electrons. The Morgan fingerprint density at radius 2 is 2.24 bits per heavy atom. The van der Waals surface area contributed by atoms with E-state index in [1.54, 1.807) is 13.2 Å². The van der Waals surface area contributed by atoms with Crippen LogP contribution >= 0.6 is 0 Å². The maximum absolute atomic E-state index is 9.52. The van der Waals surface area contributed by atoms with E-state index < -0.39 is 0 Å². The molecule has 2 atom stereocenters. The van der Waals surface area contributed by atoms with E-state index in [1.807, 2.05) is 12.1 Å². The molecule has 0 bridgehead atoms. The predicted octanol–water partition coefficient (Wildman–Crippen LogP) is 1.18. The Hall–Kier alpha value is -1.26. The monoisotopic (exact) mass is 236 g/mol. The number of methoxy groups -OCH3 is 1. The zero-order valence-electron chi connectivity index (χ0n) is 10.4. The van der Waals surface area contributed by atoms with E-state index in [1.165, 1.54) is 0 Å². The van der Waals surface area contributed by atoms with Crippen molar-refractivity contribution >= 4 is 0 Å². The van der Waals surface area contributed by atoms with Crippen molar-refractivity contribution in [2.75, 3.05) is 20.2 Å². The molecule has 0 aliphatic carbocycles. The fourth-order valence-electron chi connectivity index (χ4n) is 2.30. The second kappa shape index (κ2) is 4.94. The average Bonchev–Trinajstić information content (AvgIpc) is 2.61. The number of hydrogen-bond acceptors (Lipinski definition) is 4. The molecular formula is C13H20N2O2. The summed E-state index contributed by atoms with van der Waals surface area (Å²) in [6.45, 7) is 5.01. The first-order valence-corrected chi connectivity index (χ1v) is 5.94. The standard InChI is InChI=1S/C13H20N2O2/c1-9-6-15(8-11(9)14)7-10-3-4-12(16)13(5-10)17-2/h3-5,9,11,16H,6-8,14H2,1-2H3. The average molecular weight is 236 g/mol. The van der Waals surface area contributed by atoms with Gasteiger partial charge in [-0.25, -0.2) is 0 Å². The fourth-order valence-corrected chi connectivity index (χ4v) is 2.30. The lowest BCUT2D eigenvalue weighted by atomic mass is 10.1. The second-order valence-electron chi connectivity index (χ2n) is 4.84. The van der Waals surface area contributed by atoms with Crippen molar-refractivity contribution in [1.82, 2.24) is 4.90 Å². The van der Waals surface area contributed by atoms with Crippen LogP contribution in [0.4, 0.5) is 0 Å². The molecule has 1 aromatic carbocycles. The topological polar surface area (TPSA) is 58.7 Å². The van der Waals surface area contributed by atoms with Gasteiger partial charge in [0.2, 0.25) is 0 Å². The molecule has 4 nitrogen and oxygen atoms in total. The summed E-state index contributed by atoms with van der Waals surface area (Å²) in [7, 11) is 1.56. The highest BCUT2D eigenvalue weighted by molar-refractivity contribution is 5.41. The van der Waals surface area contributed by atoms with Crippen molar-refractivity contribution in [2.45, 2.75) is 19.5 Å². The highest BCUT2D eigenvalue weighted by atomic mass is 16.5. The number of benzene rings is 1. The summed E-state index contributed by atoms with van der Waals surface area (Å²) in [5.74, 6) is 1.26. The van der Waals surface area contributed by atoms with Gasteiger partial charge in [-0.1, -0.05) is 13.0 Å². The third kappa shape index (κ3) is 2.70. The Labute approximate surface area is 102 Å². The minimum absolute atomic E-state index is 0.183. The fraction of sp³-hybridized carbons (Fsp3) is 0.538. The number of aromatic hydroxyl groups is 1. The van der Waals surface area contributed by atoms with Crippen molar-refractivity contribution in [2.24, 2.45) is 11.7 Å².